The molecule has 0 aliphatic carbocycles. The fraction of sp³-hybridized carbons (Fsp3) is 0.316. The van der Waals surface area contributed by atoms with Crippen molar-refractivity contribution in [1.82, 2.24) is 5.32 Å². The Bertz CT molecular complexity index is 659. The summed E-state index contributed by atoms with van der Waals surface area (Å²) in [5.74, 6) is 1.31. The topological polar surface area (TPSA) is 50.8 Å². The first-order chi connectivity index (χ1) is 11.7. The van der Waals surface area contributed by atoms with E-state index in [-0.39, 0.29) is 5.91 Å². The number of anilines is 1. The van der Waals surface area contributed by atoms with E-state index in [1.54, 1.807) is 14.2 Å². The standard InChI is InChI=1S/C19H24N2O3/c1-4-21(16-8-6-5-7-9-16)14-19(22)20-13-15-10-11-17(23-2)18(12-15)24-3/h5-12H,4,13-14H2,1-3H3,(H,20,22). The van der Waals surface area contributed by atoms with Gasteiger partial charge in [-0.05, 0) is 36.8 Å². The second-order valence-corrected chi connectivity index (χ2v) is 5.32. The largest absolute Gasteiger partial charge is 0.493 e. The maximum atomic E-state index is 12.2. The molecule has 2 aromatic rings. The molecule has 0 saturated carbocycles. The van der Waals surface area contributed by atoms with Crippen LogP contribution in [0.1, 0.15) is 12.5 Å². The Balaban J connectivity index is 1.93. The van der Waals surface area contributed by atoms with Gasteiger partial charge in [-0.15, -0.1) is 0 Å². The van der Waals surface area contributed by atoms with E-state index in [4.69, 9.17) is 9.47 Å². The molecule has 128 valence electrons. The maximum Gasteiger partial charge on any atom is 0.239 e. The first-order valence-electron chi connectivity index (χ1n) is 7.95. The summed E-state index contributed by atoms with van der Waals surface area (Å²) >= 11 is 0. The lowest BCUT2D eigenvalue weighted by Crippen LogP contribution is -2.36. The van der Waals surface area contributed by atoms with E-state index in [9.17, 15) is 4.79 Å². The van der Waals surface area contributed by atoms with Gasteiger partial charge in [-0.1, -0.05) is 24.3 Å². The van der Waals surface area contributed by atoms with E-state index < -0.39 is 0 Å². The van der Waals surface area contributed by atoms with Crippen molar-refractivity contribution in [2.24, 2.45) is 0 Å². The molecular weight excluding hydrogens is 304 g/mol. The lowest BCUT2D eigenvalue weighted by atomic mass is 10.2. The summed E-state index contributed by atoms with van der Waals surface area (Å²) in [7, 11) is 3.20. The van der Waals surface area contributed by atoms with Crippen LogP contribution in [0.3, 0.4) is 0 Å². The normalized spacial score (nSPS) is 10.1. The molecule has 0 unspecified atom stereocenters. The fourth-order valence-electron chi connectivity index (χ4n) is 2.44. The van der Waals surface area contributed by atoms with Crippen LogP contribution < -0.4 is 19.7 Å². The van der Waals surface area contributed by atoms with Crippen molar-refractivity contribution in [1.29, 1.82) is 0 Å². The summed E-state index contributed by atoms with van der Waals surface area (Å²) in [4.78, 5) is 14.3. The molecule has 0 aromatic heterocycles. The minimum atomic E-state index is -0.0181. The zero-order valence-electron chi connectivity index (χ0n) is 14.4. The Kier molecular flexibility index (Phi) is 6.49. The van der Waals surface area contributed by atoms with Crippen LogP contribution in [0.5, 0.6) is 11.5 Å². The quantitative estimate of drug-likeness (QED) is 0.809. The average molecular weight is 328 g/mol. The molecule has 0 spiro atoms. The maximum absolute atomic E-state index is 12.2. The third kappa shape index (κ3) is 4.65. The van der Waals surface area contributed by atoms with Gasteiger partial charge in [-0.25, -0.2) is 0 Å². The van der Waals surface area contributed by atoms with Gasteiger partial charge in [0.25, 0.3) is 0 Å². The predicted octanol–water partition coefficient (Wildman–Crippen LogP) is 2.85. The van der Waals surface area contributed by atoms with Crippen LogP contribution in [0, 0.1) is 0 Å². The number of likely N-dealkylation sites (N-methyl/N-ethyl adjacent to an activating group) is 1. The molecule has 0 bridgehead atoms. The SMILES string of the molecule is CCN(CC(=O)NCc1ccc(OC)c(OC)c1)c1ccccc1. The van der Waals surface area contributed by atoms with Crippen LogP contribution in [-0.4, -0.2) is 33.2 Å². The summed E-state index contributed by atoms with van der Waals surface area (Å²) < 4.78 is 10.5. The molecular formula is C19H24N2O3. The Hall–Kier alpha value is -2.69. The number of amides is 1. The van der Waals surface area contributed by atoms with Crippen LogP contribution in [0.2, 0.25) is 0 Å². The third-order valence-electron chi connectivity index (χ3n) is 3.78. The van der Waals surface area contributed by atoms with Crippen molar-refractivity contribution in [3.05, 3.63) is 54.1 Å². The number of hydrogen-bond acceptors (Lipinski definition) is 4. The first-order valence-corrected chi connectivity index (χ1v) is 7.95. The average Bonchev–Trinajstić information content (AvgIpc) is 2.64. The van der Waals surface area contributed by atoms with Crippen molar-refractivity contribution in [2.75, 3.05) is 32.2 Å². The Morgan fingerprint density at radius 1 is 1.04 bits per heavy atom. The number of ether oxygens (including phenoxy) is 2. The predicted molar refractivity (Wildman–Crippen MR) is 95.7 cm³/mol. The second kappa shape index (κ2) is 8.82. The number of para-hydroxylation sites is 1. The van der Waals surface area contributed by atoms with E-state index in [1.807, 2.05) is 60.4 Å². The van der Waals surface area contributed by atoms with Crippen molar-refractivity contribution < 1.29 is 14.3 Å². The van der Waals surface area contributed by atoms with Gasteiger partial charge in [0.15, 0.2) is 11.5 Å². The number of rotatable bonds is 8. The number of nitrogens with one attached hydrogen (secondary N) is 1. The Labute approximate surface area is 143 Å². The molecule has 0 atom stereocenters. The minimum absolute atomic E-state index is 0.0181. The number of benzene rings is 2. The fourth-order valence-corrected chi connectivity index (χ4v) is 2.44. The van der Waals surface area contributed by atoms with Gasteiger partial charge >= 0.3 is 0 Å². The van der Waals surface area contributed by atoms with Crippen molar-refractivity contribution in [3.8, 4) is 11.5 Å². The summed E-state index contributed by atoms with van der Waals surface area (Å²) in [6, 6.07) is 15.5. The van der Waals surface area contributed by atoms with E-state index in [0.29, 0.717) is 24.6 Å². The molecule has 1 amide bonds. The monoisotopic (exact) mass is 328 g/mol. The summed E-state index contributed by atoms with van der Waals surface area (Å²) in [6.45, 7) is 3.59. The molecule has 2 rings (SSSR count). The molecule has 0 aliphatic heterocycles. The highest BCUT2D eigenvalue weighted by Crippen LogP contribution is 2.27. The van der Waals surface area contributed by atoms with Crippen LogP contribution in [-0.2, 0) is 11.3 Å². The zero-order valence-corrected chi connectivity index (χ0v) is 14.4. The van der Waals surface area contributed by atoms with Gasteiger partial charge < -0.3 is 19.7 Å². The molecule has 0 aliphatic rings. The number of nitrogens with zero attached hydrogens (tertiary/aromatic N) is 1. The summed E-state index contributed by atoms with van der Waals surface area (Å²) in [6.07, 6.45) is 0. The molecule has 5 nitrogen and oxygen atoms in total. The highest BCUT2D eigenvalue weighted by Gasteiger charge is 2.10. The highest BCUT2D eigenvalue weighted by molar-refractivity contribution is 5.81. The number of carbonyl (C=O) groups excluding carboxylic acids is 1. The molecule has 1 N–H and O–H groups in total. The molecule has 2 aromatic carbocycles. The van der Waals surface area contributed by atoms with Crippen LogP contribution in [0.25, 0.3) is 0 Å². The van der Waals surface area contributed by atoms with Crippen LogP contribution >= 0.6 is 0 Å². The van der Waals surface area contributed by atoms with Gasteiger partial charge in [0.1, 0.15) is 0 Å². The molecule has 0 fully saturated rings. The Morgan fingerprint density at radius 3 is 2.38 bits per heavy atom. The lowest BCUT2D eigenvalue weighted by Gasteiger charge is -2.22. The first kappa shape index (κ1) is 17.7. The third-order valence-corrected chi connectivity index (χ3v) is 3.78. The zero-order chi connectivity index (χ0) is 17.4. The highest BCUT2D eigenvalue weighted by atomic mass is 16.5. The van der Waals surface area contributed by atoms with Crippen molar-refractivity contribution in [2.45, 2.75) is 13.5 Å². The van der Waals surface area contributed by atoms with Crippen LogP contribution in [0.15, 0.2) is 48.5 Å². The molecule has 0 saturated heterocycles. The van der Waals surface area contributed by atoms with Gasteiger partial charge in [0, 0.05) is 18.8 Å². The lowest BCUT2D eigenvalue weighted by molar-refractivity contribution is -0.119. The smallest absolute Gasteiger partial charge is 0.239 e. The van der Waals surface area contributed by atoms with E-state index >= 15 is 0 Å². The second-order valence-electron chi connectivity index (χ2n) is 5.32. The Morgan fingerprint density at radius 2 is 1.75 bits per heavy atom. The summed E-state index contributed by atoms with van der Waals surface area (Å²) in [5, 5.41) is 2.95. The summed E-state index contributed by atoms with van der Waals surface area (Å²) in [5.41, 5.74) is 2.00. The van der Waals surface area contributed by atoms with Gasteiger partial charge in [-0.3, -0.25) is 4.79 Å². The van der Waals surface area contributed by atoms with E-state index in [1.165, 1.54) is 0 Å². The molecule has 0 radical (unpaired) electrons. The number of carbonyl (C=O) groups is 1. The molecule has 5 heteroatoms. The van der Waals surface area contributed by atoms with Gasteiger partial charge in [0.05, 0.1) is 20.8 Å². The van der Waals surface area contributed by atoms with Gasteiger partial charge in [0.2, 0.25) is 5.91 Å². The van der Waals surface area contributed by atoms with E-state index in [0.717, 1.165) is 17.8 Å². The number of hydrogen-bond donors (Lipinski definition) is 1. The van der Waals surface area contributed by atoms with Crippen molar-refractivity contribution >= 4 is 11.6 Å². The van der Waals surface area contributed by atoms with Gasteiger partial charge in [-0.2, -0.15) is 0 Å². The van der Waals surface area contributed by atoms with Crippen LogP contribution in [0.4, 0.5) is 5.69 Å². The molecule has 0 heterocycles. The van der Waals surface area contributed by atoms with E-state index in [2.05, 4.69) is 5.32 Å². The van der Waals surface area contributed by atoms with Crippen molar-refractivity contribution in [3.63, 3.8) is 0 Å². The number of methoxy groups -OCH3 is 2. The minimum Gasteiger partial charge on any atom is -0.493 e. The molecule has 24 heavy (non-hydrogen) atoms.